The molecule has 0 bridgehead atoms. The van der Waals surface area contributed by atoms with Crippen molar-refractivity contribution in [1.29, 1.82) is 0 Å². The molecule has 0 saturated carbocycles. The number of carboxylic acid groups (broad SMARTS) is 2. The first-order valence-electron chi connectivity index (χ1n) is 8.65. The summed E-state index contributed by atoms with van der Waals surface area (Å²) in [5.74, 6) is -0.393. The standard InChI is InChI=1S/C10H20O2.C8H16O2.Ca/c1-9(2)7-5-3-4-6-8-10(11)12;1-7(2)5-3-4-6-8(9)10;/h9H,3-8H2,1-2H3,(H,11,12);7H,3-6H2,1-2H3,(H,9,10);/q;;+2/p-2. The van der Waals surface area contributed by atoms with Crippen molar-refractivity contribution < 1.29 is 19.8 Å². The maximum absolute atomic E-state index is 10.0. The largest absolute Gasteiger partial charge is 2.00 e. The van der Waals surface area contributed by atoms with Gasteiger partial charge in [0.2, 0.25) is 0 Å². The molecular formula is C18H34CaO4. The van der Waals surface area contributed by atoms with Crippen molar-refractivity contribution in [3.8, 4) is 0 Å². The van der Waals surface area contributed by atoms with Gasteiger partial charge in [0.25, 0.3) is 0 Å². The smallest absolute Gasteiger partial charge is 0.550 e. The Hall–Kier alpha value is 0.200. The van der Waals surface area contributed by atoms with Crippen LogP contribution in [0.25, 0.3) is 0 Å². The molecule has 0 atom stereocenters. The fourth-order valence-electron chi connectivity index (χ4n) is 2.00. The average molecular weight is 355 g/mol. The predicted molar refractivity (Wildman–Crippen MR) is 91.6 cm³/mol. The van der Waals surface area contributed by atoms with Gasteiger partial charge in [-0.1, -0.05) is 66.2 Å². The minimum atomic E-state index is -0.927. The molecule has 0 rings (SSSR count). The van der Waals surface area contributed by atoms with Crippen LogP contribution >= 0.6 is 0 Å². The molecule has 0 saturated heterocycles. The fraction of sp³-hybridized carbons (Fsp3) is 0.889. The van der Waals surface area contributed by atoms with Crippen LogP contribution in [0.15, 0.2) is 0 Å². The van der Waals surface area contributed by atoms with E-state index >= 15 is 0 Å². The van der Waals surface area contributed by atoms with Crippen molar-refractivity contribution in [1.82, 2.24) is 0 Å². The summed E-state index contributed by atoms with van der Waals surface area (Å²) in [5, 5.41) is 20.0. The SMILES string of the molecule is CC(C)CCCCC(=O)[O-].CC(C)CCCCCCC(=O)[O-].[Ca+2]. The number of carbonyl (C=O) groups is 2. The minimum Gasteiger partial charge on any atom is -0.550 e. The van der Waals surface area contributed by atoms with Crippen molar-refractivity contribution in [2.45, 2.75) is 91.9 Å². The second-order valence-corrected chi connectivity index (χ2v) is 6.73. The minimum absolute atomic E-state index is 0. The molecular weight excluding hydrogens is 320 g/mol. The topological polar surface area (TPSA) is 80.3 Å². The quantitative estimate of drug-likeness (QED) is 0.398. The summed E-state index contributed by atoms with van der Waals surface area (Å²) in [6.07, 6.45) is 8.77. The third-order valence-electron chi connectivity index (χ3n) is 3.32. The molecule has 0 aromatic heterocycles. The number of carbonyl (C=O) groups excluding carboxylic acids is 2. The Morgan fingerprint density at radius 1 is 0.652 bits per heavy atom. The Kier molecular flexibility index (Phi) is 24.7. The van der Waals surface area contributed by atoms with Gasteiger partial charge in [0.1, 0.15) is 0 Å². The number of carboxylic acids is 2. The van der Waals surface area contributed by atoms with E-state index in [1.807, 2.05) is 0 Å². The zero-order chi connectivity index (χ0) is 17.4. The van der Waals surface area contributed by atoms with E-state index in [4.69, 9.17) is 0 Å². The molecule has 0 aliphatic carbocycles. The first-order chi connectivity index (χ1) is 10.3. The number of unbranched alkanes of at least 4 members (excludes halogenated alkanes) is 4. The first-order valence-corrected chi connectivity index (χ1v) is 8.65. The summed E-state index contributed by atoms with van der Waals surface area (Å²) >= 11 is 0. The maximum atomic E-state index is 10.0. The summed E-state index contributed by atoms with van der Waals surface area (Å²) in [4.78, 5) is 20.0. The zero-order valence-corrected chi connectivity index (χ0v) is 17.8. The maximum Gasteiger partial charge on any atom is 2.00 e. The molecule has 23 heavy (non-hydrogen) atoms. The molecule has 0 fully saturated rings. The molecule has 132 valence electrons. The first kappa shape index (κ1) is 28.0. The predicted octanol–water partition coefficient (Wildman–Crippen LogP) is 2.30. The molecule has 0 aromatic rings. The molecule has 0 N–H and O–H groups in total. The summed E-state index contributed by atoms with van der Waals surface area (Å²) in [5.41, 5.74) is 0. The number of rotatable bonds is 12. The number of aliphatic carboxylic acids is 2. The van der Waals surface area contributed by atoms with Gasteiger partial charge in [-0.25, -0.2) is 0 Å². The molecule has 0 heterocycles. The van der Waals surface area contributed by atoms with Crippen LogP contribution in [0.3, 0.4) is 0 Å². The van der Waals surface area contributed by atoms with Gasteiger partial charge >= 0.3 is 37.7 Å². The van der Waals surface area contributed by atoms with Gasteiger partial charge < -0.3 is 19.8 Å². The molecule has 0 aliphatic rings. The third-order valence-corrected chi connectivity index (χ3v) is 3.32. The second kappa shape index (κ2) is 20.2. The van der Waals surface area contributed by atoms with Crippen LogP contribution in [0.1, 0.15) is 91.9 Å². The van der Waals surface area contributed by atoms with Crippen molar-refractivity contribution >= 4 is 49.7 Å². The summed E-state index contributed by atoms with van der Waals surface area (Å²) in [7, 11) is 0. The monoisotopic (exact) mass is 354 g/mol. The average Bonchev–Trinajstić information content (AvgIpc) is 2.38. The molecule has 0 radical (unpaired) electrons. The van der Waals surface area contributed by atoms with Gasteiger partial charge in [-0.2, -0.15) is 0 Å². The molecule has 0 aromatic carbocycles. The van der Waals surface area contributed by atoms with Gasteiger partial charge in [0.05, 0.1) is 0 Å². The molecule has 0 spiro atoms. The molecule has 5 heteroatoms. The van der Waals surface area contributed by atoms with E-state index in [2.05, 4.69) is 27.7 Å². The van der Waals surface area contributed by atoms with Crippen molar-refractivity contribution in [2.75, 3.05) is 0 Å². The summed E-state index contributed by atoms with van der Waals surface area (Å²) < 4.78 is 0. The van der Waals surface area contributed by atoms with Gasteiger partial charge in [-0.05, 0) is 37.5 Å². The Morgan fingerprint density at radius 2 is 0.957 bits per heavy atom. The van der Waals surface area contributed by atoms with Crippen molar-refractivity contribution in [3.05, 3.63) is 0 Å². The van der Waals surface area contributed by atoms with Crippen LogP contribution in [-0.2, 0) is 9.59 Å². The Labute approximate surface area is 172 Å². The van der Waals surface area contributed by atoms with Crippen LogP contribution in [0.5, 0.6) is 0 Å². The normalized spacial score (nSPS) is 10.0. The molecule has 0 amide bonds. The third kappa shape index (κ3) is 34.5. The van der Waals surface area contributed by atoms with Gasteiger partial charge in [-0.15, -0.1) is 0 Å². The van der Waals surface area contributed by atoms with Crippen LogP contribution in [0, 0.1) is 11.8 Å². The van der Waals surface area contributed by atoms with Crippen LogP contribution in [0.2, 0.25) is 0 Å². The Morgan fingerprint density at radius 3 is 1.30 bits per heavy atom. The zero-order valence-electron chi connectivity index (χ0n) is 15.6. The number of hydrogen-bond acceptors (Lipinski definition) is 4. The molecule has 0 aliphatic heterocycles. The van der Waals surface area contributed by atoms with Gasteiger partial charge in [-0.3, -0.25) is 0 Å². The van der Waals surface area contributed by atoms with E-state index in [0.717, 1.165) is 44.4 Å². The van der Waals surface area contributed by atoms with Crippen LogP contribution in [0.4, 0.5) is 0 Å². The van der Waals surface area contributed by atoms with E-state index in [9.17, 15) is 19.8 Å². The fourth-order valence-corrected chi connectivity index (χ4v) is 2.00. The number of hydrogen-bond donors (Lipinski definition) is 0. The summed E-state index contributed by atoms with van der Waals surface area (Å²) in [6.45, 7) is 8.69. The Bertz CT molecular complexity index is 278. The molecule has 0 unspecified atom stereocenters. The van der Waals surface area contributed by atoms with E-state index in [1.54, 1.807) is 0 Å². The van der Waals surface area contributed by atoms with Gasteiger partial charge in [0, 0.05) is 11.9 Å². The van der Waals surface area contributed by atoms with Crippen molar-refractivity contribution in [2.24, 2.45) is 11.8 Å². The van der Waals surface area contributed by atoms with E-state index in [0.29, 0.717) is 5.92 Å². The van der Waals surface area contributed by atoms with Gasteiger partial charge in [0.15, 0.2) is 0 Å². The van der Waals surface area contributed by atoms with E-state index in [1.165, 1.54) is 12.8 Å². The molecule has 4 nitrogen and oxygen atoms in total. The van der Waals surface area contributed by atoms with E-state index in [-0.39, 0.29) is 50.6 Å². The summed E-state index contributed by atoms with van der Waals surface area (Å²) in [6, 6.07) is 0. The van der Waals surface area contributed by atoms with Crippen molar-refractivity contribution in [3.63, 3.8) is 0 Å². The van der Waals surface area contributed by atoms with E-state index < -0.39 is 11.9 Å². The second-order valence-electron chi connectivity index (χ2n) is 6.73. The van der Waals surface area contributed by atoms with Crippen LogP contribution < -0.4 is 10.2 Å². The van der Waals surface area contributed by atoms with Crippen LogP contribution in [-0.4, -0.2) is 49.7 Å². The Balaban J connectivity index is -0.000000338.